The summed E-state index contributed by atoms with van der Waals surface area (Å²) < 4.78 is 27.1. The molecular formula is C10H13NO6S. The Morgan fingerprint density at radius 2 is 2.06 bits per heavy atom. The highest BCUT2D eigenvalue weighted by molar-refractivity contribution is 7.90. The van der Waals surface area contributed by atoms with Crippen LogP contribution >= 0.6 is 0 Å². The average Bonchev–Trinajstić information content (AvgIpc) is 2.63. The third kappa shape index (κ3) is 3.88. The Bertz CT molecular complexity index is 559. The highest BCUT2D eigenvalue weighted by Gasteiger charge is 2.18. The lowest BCUT2D eigenvalue weighted by atomic mass is 10.2. The number of carbonyl (C=O) groups is 2. The average molecular weight is 275 g/mol. The zero-order valence-corrected chi connectivity index (χ0v) is 10.7. The van der Waals surface area contributed by atoms with Gasteiger partial charge in [0.2, 0.25) is 14.9 Å². The normalized spacial score (nSPS) is 13.0. The number of nitrogens with one attached hydrogen (secondary N) is 1. The van der Waals surface area contributed by atoms with Gasteiger partial charge in [-0.05, 0) is 19.1 Å². The first-order valence-corrected chi connectivity index (χ1v) is 6.92. The van der Waals surface area contributed by atoms with E-state index in [4.69, 9.17) is 9.52 Å². The van der Waals surface area contributed by atoms with Crippen LogP contribution in [0.25, 0.3) is 0 Å². The van der Waals surface area contributed by atoms with Gasteiger partial charge in [0.15, 0.2) is 5.76 Å². The fraction of sp³-hybridized carbons (Fsp3) is 0.400. The minimum atomic E-state index is -3.50. The number of carboxylic acids is 1. The quantitative estimate of drug-likeness (QED) is 0.797. The van der Waals surface area contributed by atoms with Crippen molar-refractivity contribution in [3.8, 4) is 0 Å². The van der Waals surface area contributed by atoms with Crippen molar-refractivity contribution in [2.75, 3.05) is 6.26 Å². The van der Waals surface area contributed by atoms with E-state index in [1.807, 2.05) is 0 Å². The van der Waals surface area contributed by atoms with Gasteiger partial charge in [0.25, 0.3) is 5.91 Å². The Labute approximate surface area is 104 Å². The van der Waals surface area contributed by atoms with Crippen LogP contribution < -0.4 is 5.32 Å². The Balaban J connectivity index is 2.74. The Kier molecular flexibility index (Phi) is 4.12. The largest absolute Gasteiger partial charge is 0.481 e. The van der Waals surface area contributed by atoms with E-state index in [2.05, 4.69) is 5.32 Å². The van der Waals surface area contributed by atoms with Crippen LogP contribution in [0.15, 0.2) is 21.6 Å². The van der Waals surface area contributed by atoms with Gasteiger partial charge in [-0.2, -0.15) is 0 Å². The number of aliphatic carboxylic acids is 1. The van der Waals surface area contributed by atoms with Gasteiger partial charge < -0.3 is 14.8 Å². The van der Waals surface area contributed by atoms with Gasteiger partial charge in [-0.25, -0.2) is 8.42 Å². The van der Waals surface area contributed by atoms with Crippen LogP contribution in [0.2, 0.25) is 0 Å². The summed E-state index contributed by atoms with van der Waals surface area (Å²) in [5.41, 5.74) is 0. The van der Waals surface area contributed by atoms with Crippen LogP contribution in [-0.4, -0.2) is 37.7 Å². The molecule has 0 saturated heterocycles. The van der Waals surface area contributed by atoms with Gasteiger partial charge >= 0.3 is 5.97 Å². The lowest BCUT2D eigenvalue weighted by Crippen LogP contribution is -2.33. The molecule has 7 nitrogen and oxygen atoms in total. The summed E-state index contributed by atoms with van der Waals surface area (Å²) in [5, 5.41) is 10.6. The number of furan rings is 1. The standard InChI is InChI=1S/C10H13NO6S/c1-6(5-8(12)13)11-10(14)7-3-4-9(17-7)18(2,15)16/h3-4,6H,5H2,1-2H3,(H,11,14)(H,12,13). The van der Waals surface area contributed by atoms with Crippen molar-refractivity contribution in [2.24, 2.45) is 0 Å². The van der Waals surface area contributed by atoms with E-state index in [0.29, 0.717) is 0 Å². The third-order valence-electron chi connectivity index (χ3n) is 2.03. The minimum absolute atomic E-state index is 0.173. The van der Waals surface area contributed by atoms with E-state index in [9.17, 15) is 18.0 Å². The smallest absolute Gasteiger partial charge is 0.305 e. The van der Waals surface area contributed by atoms with Crippen molar-refractivity contribution in [3.63, 3.8) is 0 Å². The number of hydrogen-bond acceptors (Lipinski definition) is 5. The SMILES string of the molecule is CC(CC(=O)O)NC(=O)c1ccc(S(C)(=O)=O)o1. The molecule has 0 fully saturated rings. The Morgan fingerprint density at radius 1 is 1.44 bits per heavy atom. The minimum Gasteiger partial charge on any atom is -0.481 e. The Hall–Kier alpha value is -1.83. The number of hydrogen-bond donors (Lipinski definition) is 2. The maximum Gasteiger partial charge on any atom is 0.305 e. The highest BCUT2D eigenvalue weighted by Crippen LogP contribution is 2.13. The molecule has 0 saturated carbocycles. The van der Waals surface area contributed by atoms with Crippen molar-refractivity contribution in [3.05, 3.63) is 17.9 Å². The molecule has 1 atom stereocenters. The van der Waals surface area contributed by atoms with Gasteiger partial charge in [0.05, 0.1) is 6.42 Å². The summed E-state index contributed by atoms with van der Waals surface area (Å²) in [4.78, 5) is 22.0. The van der Waals surface area contributed by atoms with Crippen LogP contribution in [0.5, 0.6) is 0 Å². The second-order valence-electron chi connectivity index (χ2n) is 3.86. The molecular weight excluding hydrogens is 262 g/mol. The van der Waals surface area contributed by atoms with Crippen molar-refractivity contribution in [2.45, 2.75) is 24.5 Å². The zero-order chi connectivity index (χ0) is 13.9. The molecule has 8 heteroatoms. The molecule has 1 unspecified atom stereocenters. The van der Waals surface area contributed by atoms with E-state index < -0.39 is 27.8 Å². The van der Waals surface area contributed by atoms with Gasteiger partial charge in [0.1, 0.15) is 0 Å². The first-order valence-electron chi connectivity index (χ1n) is 5.02. The fourth-order valence-electron chi connectivity index (χ4n) is 1.25. The van der Waals surface area contributed by atoms with E-state index >= 15 is 0 Å². The summed E-state index contributed by atoms with van der Waals surface area (Å²) in [6.45, 7) is 1.52. The molecule has 0 radical (unpaired) electrons. The number of amides is 1. The molecule has 1 rings (SSSR count). The van der Waals surface area contributed by atoms with Crippen LogP contribution in [-0.2, 0) is 14.6 Å². The molecule has 18 heavy (non-hydrogen) atoms. The first kappa shape index (κ1) is 14.2. The highest BCUT2D eigenvalue weighted by atomic mass is 32.2. The summed E-state index contributed by atoms with van der Waals surface area (Å²) in [7, 11) is -3.50. The second kappa shape index (κ2) is 5.21. The van der Waals surface area contributed by atoms with E-state index in [0.717, 1.165) is 6.26 Å². The topological polar surface area (TPSA) is 114 Å². The molecule has 0 spiro atoms. The predicted molar refractivity (Wildman–Crippen MR) is 61.0 cm³/mol. The molecule has 1 aromatic rings. The van der Waals surface area contributed by atoms with Crippen molar-refractivity contribution >= 4 is 21.7 Å². The molecule has 0 aliphatic rings. The second-order valence-corrected chi connectivity index (χ2v) is 5.81. The number of carbonyl (C=O) groups excluding carboxylic acids is 1. The zero-order valence-electron chi connectivity index (χ0n) is 9.84. The van der Waals surface area contributed by atoms with Crippen LogP contribution in [0, 0.1) is 0 Å². The van der Waals surface area contributed by atoms with Gasteiger partial charge in [-0.3, -0.25) is 9.59 Å². The maximum absolute atomic E-state index is 11.6. The number of sulfone groups is 1. The monoisotopic (exact) mass is 275 g/mol. The molecule has 1 aromatic heterocycles. The molecule has 0 bridgehead atoms. The lowest BCUT2D eigenvalue weighted by molar-refractivity contribution is -0.137. The maximum atomic E-state index is 11.6. The summed E-state index contributed by atoms with van der Waals surface area (Å²) in [6, 6.07) is 1.81. The molecule has 2 N–H and O–H groups in total. The fourth-order valence-corrected chi connectivity index (χ4v) is 1.81. The molecule has 0 aliphatic heterocycles. The van der Waals surface area contributed by atoms with Crippen molar-refractivity contribution in [1.82, 2.24) is 5.32 Å². The molecule has 1 amide bonds. The lowest BCUT2D eigenvalue weighted by Gasteiger charge is -2.09. The van der Waals surface area contributed by atoms with Crippen LogP contribution in [0.3, 0.4) is 0 Å². The van der Waals surface area contributed by atoms with Crippen LogP contribution in [0.4, 0.5) is 0 Å². The molecule has 1 heterocycles. The van der Waals surface area contributed by atoms with Gasteiger partial charge in [-0.1, -0.05) is 0 Å². The summed E-state index contributed by atoms with van der Waals surface area (Å²) in [5.74, 6) is -1.87. The molecule has 100 valence electrons. The van der Waals surface area contributed by atoms with Crippen molar-refractivity contribution < 1.29 is 27.5 Å². The molecule has 0 aromatic carbocycles. The number of rotatable bonds is 5. The Morgan fingerprint density at radius 3 is 2.50 bits per heavy atom. The number of carboxylic acid groups (broad SMARTS) is 1. The van der Waals surface area contributed by atoms with Crippen molar-refractivity contribution in [1.29, 1.82) is 0 Å². The third-order valence-corrected chi connectivity index (χ3v) is 2.98. The first-order chi connectivity index (χ1) is 8.20. The molecule has 0 aliphatic carbocycles. The van der Waals surface area contributed by atoms with Gasteiger partial charge in [-0.15, -0.1) is 0 Å². The summed E-state index contributed by atoms with van der Waals surface area (Å²) >= 11 is 0. The predicted octanol–water partition coefficient (Wildman–Crippen LogP) is 0.276. The van der Waals surface area contributed by atoms with E-state index in [-0.39, 0.29) is 17.3 Å². The van der Waals surface area contributed by atoms with Gasteiger partial charge in [0, 0.05) is 12.3 Å². The van der Waals surface area contributed by atoms with E-state index in [1.54, 1.807) is 0 Å². The van der Waals surface area contributed by atoms with Crippen LogP contribution in [0.1, 0.15) is 23.9 Å². The van der Waals surface area contributed by atoms with E-state index in [1.165, 1.54) is 19.1 Å². The summed E-state index contributed by atoms with van der Waals surface area (Å²) in [6.07, 6.45) is 0.728.